The Kier molecular flexibility index (Phi) is 3.74. The number of carbonyl (C=O) groups is 1. The fourth-order valence-corrected chi connectivity index (χ4v) is 1.84. The highest BCUT2D eigenvalue weighted by molar-refractivity contribution is 5.95. The summed E-state index contributed by atoms with van der Waals surface area (Å²) in [5.74, 6) is 0.554. The molecular weight excluding hydrogens is 242 g/mol. The van der Waals surface area contributed by atoms with Crippen molar-refractivity contribution >= 4 is 22.5 Å². The molecule has 5 nitrogen and oxygen atoms in total. The van der Waals surface area contributed by atoms with E-state index in [4.69, 9.17) is 4.74 Å². The first-order valence-electron chi connectivity index (χ1n) is 6.43. The van der Waals surface area contributed by atoms with Gasteiger partial charge in [0.1, 0.15) is 0 Å². The van der Waals surface area contributed by atoms with E-state index < -0.39 is 0 Å². The quantitative estimate of drug-likeness (QED) is 0.920. The number of aryl methyl sites for hydroxylation is 1. The first-order valence-corrected chi connectivity index (χ1v) is 6.43. The molecule has 0 aliphatic heterocycles. The average Bonchev–Trinajstić information content (AvgIpc) is 2.66. The number of hydrogen-bond acceptors (Lipinski definition) is 3. The van der Waals surface area contributed by atoms with Crippen LogP contribution in [-0.2, 0) is 11.8 Å². The molecule has 0 aliphatic rings. The van der Waals surface area contributed by atoms with Crippen molar-refractivity contribution in [3.63, 3.8) is 0 Å². The molecule has 1 amide bonds. The van der Waals surface area contributed by atoms with Crippen LogP contribution in [0, 0.1) is 5.92 Å². The molecule has 2 aromatic rings. The predicted molar refractivity (Wildman–Crippen MR) is 75.4 cm³/mol. The van der Waals surface area contributed by atoms with Crippen LogP contribution in [0.3, 0.4) is 0 Å². The second-order valence-corrected chi connectivity index (χ2v) is 4.74. The standard InChI is InChI=1S/C14H19N3O2/c1-5-19-14-11-8-10(15-13(18)9(2)3)6-7-12(11)17(4)16-14/h6-9H,5H2,1-4H3,(H,15,18). The molecule has 0 radical (unpaired) electrons. The molecule has 0 saturated heterocycles. The number of rotatable bonds is 4. The lowest BCUT2D eigenvalue weighted by molar-refractivity contribution is -0.118. The lowest BCUT2D eigenvalue weighted by Gasteiger charge is -2.08. The van der Waals surface area contributed by atoms with Crippen molar-refractivity contribution in [3.8, 4) is 5.88 Å². The van der Waals surface area contributed by atoms with Crippen molar-refractivity contribution in [1.29, 1.82) is 0 Å². The predicted octanol–water partition coefficient (Wildman–Crippen LogP) is 2.57. The summed E-state index contributed by atoms with van der Waals surface area (Å²) in [6.07, 6.45) is 0. The lowest BCUT2D eigenvalue weighted by Crippen LogP contribution is -2.17. The zero-order chi connectivity index (χ0) is 14.0. The Morgan fingerprint density at radius 1 is 1.47 bits per heavy atom. The molecule has 0 bridgehead atoms. The van der Waals surface area contributed by atoms with Gasteiger partial charge in [-0.25, -0.2) is 0 Å². The summed E-state index contributed by atoms with van der Waals surface area (Å²) >= 11 is 0. The highest BCUT2D eigenvalue weighted by Crippen LogP contribution is 2.27. The second kappa shape index (κ2) is 5.30. The van der Waals surface area contributed by atoms with Crippen LogP contribution in [0.4, 0.5) is 5.69 Å². The Balaban J connectivity index is 2.38. The molecule has 0 unspecified atom stereocenters. The minimum Gasteiger partial charge on any atom is -0.476 e. The van der Waals surface area contributed by atoms with E-state index in [-0.39, 0.29) is 11.8 Å². The van der Waals surface area contributed by atoms with E-state index in [1.165, 1.54) is 0 Å². The van der Waals surface area contributed by atoms with Gasteiger partial charge < -0.3 is 10.1 Å². The Hall–Kier alpha value is -2.04. The smallest absolute Gasteiger partial charge is 0.240 e. The molecule has 0 atom stereocenters. The minimum atomic E-state index is -0.0454. The molecule has 1 N–H and O–H groups in total. The number of nitrogens with zero attached hydrogens (tertiary/aromatic N) is 2. The number of hydrogen-bond donors (Lipinski definition) is 1. The average molecular weight is 261 g/mol. The maximum atomic E-state index is 11.7. The Morgan fingerprint density at radius 3 is 2.84 bits per heavy atom. The molecule has 102 valence electrons. The van der Waals surface area contributed by atoms with E-state index in [1.807, 2.05) is 46.0 Å². The van der Waals surface area contributed by atoms with Crippen LogP contribution < -0.4 is 10.1 Å². The molecule has 0 saturated carbocycles. The highest BCUT2D eigenvalue weighted by Gasteiger charge is 2.12. The van der Waals surface area contributed by atoms with Gasteiger partial charge in [0.15, 0.2) is 0 Å². The second-order valence-electron chi connectivity index (χ2n) is 4.74. The first kappa shape index (κ1) is 13.4. The van der Waals surface area contributed by atoms with Crippen LogP contribution in [-0.4, -0.2) is 22.3 Å². The van der Waals surface area contributed by atoms with Crippen LogP contribution in [0.2, 0.25) is 0 Å². The number of fused-ring (bicyclic) bond motifs is 1. The third kappa shape index (κ3) is 2.70. The van der Waals surface area contributed by atoms with Gasteiger partial charge in [0, 0.05) is 18.7 Å². The van der Waals surface area contributed by atoms with Crippen LogP contribution in [0.5, 0.6) is 5.88 Å². The van der Waals surface area contributed by atoms with E-state index >= 15 is 0 Å². The number of amides is 1. The minimum absolute atomic E-state index is 0.00111. The van der Waals surface area contributed by atoms with Gasteiger partial charge in [-0.15, -0.1) is 5.10 Å². The van der Waals surface area contributed by atoms with E-state index in [0.29, 0.717) is 12.5 Å². The summed E-state index contributed by atoms with van der Waals surface area (Å²) in [5.41, 5.74) is 1.74. The summed E-state index contributed by atoms with van der Waals surface area (Å²) in [4.78, 5) is 11.7. The summed E-state index contributed by atoms with van der Waals surface area (Å²) in [6.45, 7) is 6.21. The highest BCUT2D eigenvalue weighted by atomic mass is 16.5. The van der Waals surface area contributed by atoms with Crippen molar-refractivity contribution in [2.75, 3.05) is 11.9 Å². The number of carbonyl (C=O) groups excluding carboxylic acids is 1. The first-order chi connectivity index (χ1) is 9.02. The van der Waals surface area contributed by atoms with Crippen LogP contribution in [0.15, 0.2) is 18.2 Å². The molecule has 1 heterocycles. The lowest BCUT2D eigenvalue weighted by atomic mass is 10.2. The molecule has 19 heavy (non-hydrogen) atoms. The van der Waals surface area contributed by atoms with E-state index in [2.05, 4.69) is 10.4 Å². The van der Waals surface area contributed by atoms with Gasteiger partial charge in [-0.05, 0) is 25.1 Å². The summed E-state index contributed by atoms with van der Waals surface area (Å²) in [7, 11) is 1.87. The van der Waals surface area contributed by atoms with Crippen LogP contribution in [0.1, 0.15) is 20.8 Å². The summed E-state index contributed by atoms with van der Waals surface area (Å²) in [6, 6.07) is 5.70. The Bertz CT molecular complexity index is 602. The van der Waals surface area contributed by atoms with Crippen molar-refractivity contribution < 1.29 is 9.53 Å². The summed E-state index contributed by atoms with van der Waals surface area (Å²) in [5, 5.41) is 8.11. The summed E-state index contributed by atoms with van der Waals surface area (Å²) < 4.78 is 7.27. The molecule has 0 fully saturated rings. The van der Waals surface area contributed by atoms with Crippen molar-refractivity contribution in [2.24, 2.45) is 13.0 Å². The Morgan fingerprint density at radius 2 is 2.21 bits per heavy atom. The monoisotopic (exact) mass is 261 g/mol. The van der Waals surface area contributed by atoms with Gasteiger partial charge in [-0.3, -0.25) is 9.48 Å². The van der Waals surface area contributed by atoms with Gasteiger partial charge in [0.25, 0.3) is 0 Å². The molecule has 0 spiro atoms. The van der Waals surface area contributed by atoms with Gasteiger partial charge >= 0.3 is 0 Å². The zero-order valence-corrected chi connectivity index (χ0v) is 11.7. The molecule has 1 aromatic heterocycles. The molecule has 1 aromatic carbocycles. The number of ether oxygens (including phenoxy) is 1. The number of aromatic nitrogens is 2. The van der Waals surface area contributed by atoms with Gasteiger partial charge in [0.05, 0.1) is 17.5 Å². The molecule has 2 rings (SSSR count). The van der Waals surface area contributed by atoms with E-state index in [0.717, 1.165) is 16.6 Å². The topological polar surface area (TPSA) is 56.1 Å². The molecular formula is C14H19N3O2. The third-order valence-electron chi connectivity index (χ3n) is 2.89. The molecule has 0 aliphatic carbocycles. The fourth-order valence-electron chi connectivity index (χ4n) is 1.84. The maximum absolute atomic E-state index is 11.7. The number of nitrogens with one attached hydrogen (secondary N) is 1. The fraction of sp³-hybridized carbons (Fsp3) is 0.429. The third-order valence-corrected chi connectivity index (χ3v) is 2.89. The number of anilines is 1. The molecule has 5 heteroatoms. The Labute approximate surface area is 112 Å². The van der Waals surface area contributed by atoms with Crippen molar-refractivity contribution in [1.82, 2.24) is 9.78 Å². The maximum Gasteiger partial charge on any atom is 0.240 e. The zero-order valence-electron chi connectivity index (χ0n) is 11.7. The number of benzene rings is 1. The SMILES string of the molecule is CCOc1nn(C)c2ccc(NC(=O)C(C)C)cc12. The van der Waals surface area contributed by atoms with E-state index in [9.17, 15) is 4.79 Å². The van der Waals surface area contributed by atoms with Gasteiger partial charge in [-0.1, -0.05) is 13.8 Å². The largest absolute Gasteiger partial charge is 0.476 e. The van der Waals surface area contributed by atoms with Crippen molar-refractivity contribution in [2.45, 2.75) is 20.8 Å². The van der Waals surface area contributed by atoms with E-state index in [1.54, 1.807) is 4.68 Å². The van der Waals surface area contributed by atoms with Gasteiger partial charge in [0.2, 0.25) is 11.8 Å². The van der Waals surface area contributed by atoms with Crippen molar-refractivity contribution in [3.05, 3.63) is 18.2 Å². The van der Waals surface area contributed by atoms with Crippen LogP contribution in [0.25, 0.3) is 10.9 Å². The van der Waals surface area contributed by atoms with Crippen LogP contribution >= 0.6 is 0 Å². The normalized spacial score (nSPS) is 11.0. The van der Waals surface area contributed by atoms with Gasteiger partial charge in [-0.2, -0.15) is 0 Å².